The SMILES string of the molecule is Cc1nn(Cc2c(Cl)cccc2Cl)c(C)c1N1C(=O)[C@H]2[C@H](C1=O)[C@H]1CC[C@H]2O1. The first-order chi connectivity index (χ1) is 13.4. The van der Waals surface area contributed by atoms with Gasteiger partial charge in [-0.25, -0.2) is 4.90 Å². The number of benzene rings is 1. The number of halogens is 2. The van der Waals surface area contributed by atoms with Crippen LogP contribution in [0.3, 0.4) is 0 Å². The van der Waals surface area contributed by atoms with Gasteiger partial charge in [-0.1, -0.05) is 29.3 Å². The van der Waals surface area contributed by atoms with Crippen molar-refractivity contribution in [3.8, 4) is 0 Å². The van der Waals surface area contributed by atoms with Crippen LogP contribution in [0.2, 0.25) is 10.0 Å². The number of fused-ring (bicyclic) bond motifs is 5. The lowest BCUT2D eigenvalue weighted by Gasteiger charge is -2.18. The van der Waals surface area contributed by atoms with E-state index < -0.39 is 0 Å². The first-order valence-corrected chi connectivity index (χ1v) is 10.1. The van der Waals surface area contributed by atoms with Gasteiger partial charge >= 0.3 is 0 Å². The number of aromatic nitrogens is 2. The third-order valence-electron chi connectivity index (χ3n) is 6.22. The maximum atomic E-state index is 13.1. The summed E-state index contributed by atoms with van der Waals surface area (Å²) >= 11 is 12.6. The molecular weight excluding hydrogens is 401 g/mol. The van der Waals surface area contributed by atoms with E-state index >= 15 is 0 Å². The van der Waals surface area contributed by atoms with E-state index in [0.717, 1.165) is 24.1 Å². The second-order valence-corrected chi connectivity index (χ2v) is 8.55. The Balaban J connectivity index is 1.52. The van der Waals surface area contributed by atoms with Crippen LogP contribution < -0.4 is 4.90 Å². The number of anilines is 1. The average Bonchev–Trinajstić information content (AvgIpc) is 3.38. The molecule has 0 radical (unpaired) electrons. The van der Waals surface area contributed by atoms with E-state index in [4.69, 9.17) is 27.9 Å². The van der Waals surface area contributed by atoms with Crippen LogP contribution in [0.1, 0.15) is 29.8 Å². The molecule has 0 aliphatic carbocycles. The van der Waals surface area contributed by atoms with Gasteiger partial charge in [-0.05, 0) is 38.8 Å². The van der Waals surface area contributed by atoms with Crippen LogP contribution in [0.15, 0.2) is 18.2 Å². The highest BCUT2D eigenvalue weighted by Gasteiger charge is 2.63. The predicted octanol–water partition coefficient (Wildman–Crippen LogP) is 3.52. The number of hydrogen-bond donors (Lipinski definition) is 0. The van der Waals surface area contributed by atoms with Crippen LogP contribution in [0, 0.1) is 25.7 Å². The molecule has 0 N–H and O–H groups in total. The van der Waals surface area contributed by atoms with Gasteiger partial charge in [-0.2, -0.15) is 5.10 Å². The molecule has 3 aliphatic rings. The molecule has 5 rings (SSSR count). The maximum Gasteiger partial charge on any atom is 0.240 e. The highest BCUT2D eigenvalue weighted by Crippen LogP contribution is 2.50. The van der Waals surface area contributed by atoms with Gasteiger partial charge in [0.2, 0.25) is 11.8 Å². The van der Waals surface area contributed by atoms with Gasteiger partial charge in [-0.15, -0.1) is 0 Å². The Morgan fingerprint density at radius 3 is 2.21 bits per heavy atom. The topological polar surface area (TPSA) is 64.4 Å². The fraction of sp³-hybridized carbons (Fsp3) is 0.450. The largest absolute Gasteiger partial charge is 0.373 e. The van der Waals surface area contributed by atoms with Gasteiger partial charge in [0.1, 0.15) is 0 Å². The Morgan fingerprint density at radius 2 is 1.64 bits per heavy atom. The maximum absolute atomic E-state index is 13.1. The minimum absolute atomic E-state index is 0.131. The molecule has 28 heavy (non-hydrogen) atoms. The summed E-state index contributed by atoms with van der Waals surface area (Å²) in [5.74, 6) is -1.04. The molecule has 8 heteroatoms. The van der Waals surface area contributed by atoms with Crippen LogP contribution in [0.4, 0.5) is 5.69 Å². The van der Waals surface area contributed by atoms with E-state index in [2.05, 4.69) is 5.10 Å². The summed E-state index contributed by atoms with van der Waals surface area (Å²) in [6.45, 7) is 4.04. The molecule has 1 aromatic heterocycles. The summed E-state index contributed by atoms with van der Waals surface area (Å²) < 4.78 is 7.56. The zero-order valence-corrected chi connectivity index (χ0v) is 17.0. The number of rotatable bonds is 3. The molecule has 1 aromatic carbocycles. The highest BCUT2D eigenvalue weighted by atomic mass is 35.5. The number of carbonyl (C=O) groups excluding carboxylic acids is 2. The molecule has 0 saturated carbocycles. The number of amides is 2. The minimum atomic E-state index is -0.355. The Bertz CT molecular complexity index is 970. The van der Waals surface area contributed by atoms with Crippen molar-refractivity contribution in [1.29, 1.82) is 0 Å². The van der Waals surface area contributed by atoms with Crippen molar-refractivity contribution >= 4 is 40.7 Å². The molecule has 0 unspecified atom stereocenters. The lowest BCUT2D eigenvalue weighted by atomic mass is 9.81. The van der Waals surface area contributed by atoms with Crippen molar-refractivity contribution in [2.75, 3.05) is 4.90 Å². The van der Waals surface area contributed by atoms with E-state index in [9.17, 15) is 9.59 Å². The third kappa shape index (κ3) is 2.41. The minimum Gasteiger partial charge on any atom is -0.373 e. The van der Waals surface area contributed by atoms with Crippen molar-refractivity contribution in [3.05, 3.63) is 45.2 Å². The van der Waals surface area contributed by atoms with Crippen molar-refractivity contribution in [2.45, 2.75) is 45.4 Å². The second kappa shape index (κ2) is 6.31. The van der Waals surface area contributed by atoms with Crippen LogP contribution >= 0.6 is 23.2 Å². The van der Waals surface area contributed by atoms with Gasteiger partial charge in [0.05, 0.1) is 47.7 Å². The standard InChI is InChI=1S/C20H19Cl2N3O3/c1-9-18(10(2)24(23-9)8-11-12(21)4-3-5-13(11)22)25-19(26)16-14-6-7-15(28-14)17(16)20(25)27/h3-5,14-17H,6-8H2,1-2H3/t14-,15-,16-,17-/m1/s1. The molecule has 146 valence electrons. The summed E-state index contributed by atoms with van der Waals surface area (Å²) in [5, 5.41) is 5.68. The van der Waals surface area contributed by atoms with Crippen molar-refractivity contribution < 1.29 is 14.3 Å². The zero-order valence-electron chi connectivity index (χ0n) is 15.5. The lowest BCUT2D eigenvalue weighted by molar-refractivity contribution is -0.124. The number of imide groups is 1. The third-order valence-corrected chi connectivity index (χ3v) is 6.93. The monoisotopic (exact) mass is 419 g/mol. The van der Waals surface area contributed by atoms with E-state index in [0.29, 0.717) is 28.0 Å². The molecule has 6 nitrogen and oxygen atoms in total. The van der Waals surface area contributed by atoms with Gasteiger partial charge < -0.3 is 4.74 Å². The smallest absolute Gasteiger partial charge is 0.240 e. The molecule has 0 spiro atoms. The Kier molecular flexibility index (Phi) is 4.09. The Morgan fingerprint density at radius 1 is 1.07 bits per heavy atom. The normalized spacial score (nSPS) is 28.5. The number of nitrogens with zero attached hydrogens (tertiary/aromatic N) is 3. The van der Waals surface area contributed by atoms with E-state index in [1.54, 1.807) is 22.9 Å². The Hall–Kier alpha value is -1.89. The summed E-state index contributed by atoms with van der Waals surface area (Å²) in [4.78, 5) is 27.6. The molecule has 3 aliphatic heterocycles. The second-order valence-electron chi connectivity index (χ2n) is 7.73. The number of carbonyl (C=O) groups is 2. The number of ether oxygens (including phenoxy) is 1. The molecule has 4 atom stereocenters. The van der Waals surface area contributed by atoms with E-state index in [-0.39, 0.29) is 35.9 Å². The fourth-order valence-electron chi connectivity index (χ4n) is 4.93. The molecular formula is C20H19Cl2N3O3. The zero-order chi connectivity index (χ0) is 19.7. The molecule has 2 amide bonds. The van der Waals surface area contributed by atoms with Crippen molar-refractivity contribution in [1.82, 2.24) is 9.78 Å². The average molecular weight is 420 g/mol. The van der Waals surface area contributed by atoms with Crippen LogP contribution in [-0.4, -0.2) is 33.8 Å². The first-order valence-electron chi connectivity index (χ1n) is 9.38. The Labute approximate surface area is 172 Å². The lowest BCUT2D eigenvalue weighted by Crippen LogP contribution is -2.35. The van der Waals surface area contributed by atoms with Gasteiger partial charge in [0.25, 0.3) is 0 Å². The summed E-state index contributed by atoms with van der Waals surface area (Å²) in [6.07, 6.45) is 1.44. The van der Waals surface area contributed by atoms with Gasteiger partial charge in [-0.3, -0.25) is 14.3 Å². The molecule has 3 saturated heterocycles. The highest BCUT2D eigenvalue weighted by molar-refractivity contribution is 6.36. The fourth-order valence-corrected chi connectivity index (χ4v) is 5.45. The van der Waals surface area contributed by atoms with Crippen LogP contribution in [0.5, 0.6) is 0 Å². The van der Waals surface area contributed by atoms with Crippen molar-refractivity contribution in [2.24, 2.45) is 11.8 Å². The van der Waals surface area contributed by atoms with E-state index in [1.807, 2.05) is 13.8 Å². The number of aryl methyl sites for hydroxylation is 1. The molecule has 3 fully saturated rings. The van der Waals surface area contributed by atoms with Crippen LogP contribution in [-0.2, 0) is 20.9 Å². The summed E-state index contributed by atoms with van der Waals surface area (Å²) in [7, 11) is 0. The van der Waals surface area contributed by atoms with Gasteiger partial charge in [0, 0.05) is 15.6 Å². The number of hydrogen-bond acceptors (Lipinski definition) is 4. The summed E-state index contributed by atoms with van der Waals surface area (Å²) in [5.41, 5.74) is 2.70. The van der Waals surface area contributed by atoms with Crippen molar-refractivity contribution in [3.63, 3.8) is 0 Å². The molecule has 2 aromatic rings. The quantitative estimate of drug-likeness (QED) is 0.713. The first kappa shape index (κ1) is 18.2. The summed E-state index contributed by atoms with van der Waals surface area (Å²) in [6, 6.07) is 5.34. The van der Waals surface area contributed by atoms with E-state index in [1.165, 1.54) is 4.90 Å². The molecule has 4 heterocycles. The molecule has 2 bridgehead atoms. The van der Waals surface area contributed by atoms with Crippen LogP contribution in [0.25, 0.3) is 0 Å². The predicted molar refractivity (Wildman–Crippen MR) is 105 cm³/mol. The van der Waals surface area contributed by atoms with Gasteiger partial charge in [0.15, 0.2) is 0 Å².